The lowest BCUT2D eigenvalue weighted by molar-refractivity contribution is 1.12. The first-order valence-corrected chi connectivity index (χ1v) is 3.91. The van der Waals surface area contributed by atoms with Crippen LogP contribution in [0.1, 0.15) is 17.3 Å². The predicted molar refractivity (Wildman–Crippen MR) is 43.8 cm³/mol. The van der Waals surface area contributed by atoms with E-state index in [-0.39, 0.29) is 0 Å². The molecular formula is C8H9Br. The molecule has 1 rings (SSSR count). The van der Waals surface area contributed by atoms with Gasteiger partial charge in [-0.15, -0.1) is 0 Å². The molecule has 0 saturated heterocycles. The molecular weight excluding hydrogens is 176 g/mol. The van der Waals surface area contributed by atoms with Crippen molar-refractivity contribution in [1.29, 1.82) is 0 Å². The third-order valence-corrected chi connectivity index (χ3v) is 1.79. The van der Waals surface area contributed by atoms with Crippen LogP contribution in [0.2, 0.25) is 0 Å². The lowest BCUT2D eigenvalue weighted by Crippen LogP contribution is -1.79. The molecule has 0 aliphatic rings. The molecule has 0 saturated carbocycles. The third-order valence-electron chi connectivity index (χ3n) is 1.26. The third kappa shape index (κ3) is 1.83. The Kier molecular flexibility index (Phi) is 2.29. The summed E-state index contributed by atoms with van der Waals surface area (Å²) in [4.78, 5) is 0.471. The molecule has 0 aromatic heterocycles. The zero-order chi connectivity index (χ0) is 6.69. The van der Waals surface area contributed by atoms with Gasteiger partial charge in [-0.2, -0.15) is 0 Å². The number of benzene rings is 1. The Bertz CT molecular complexity index is 167. The maximum atomic E-state index is 3.48. The molecule has 0 aliphatic carbocycles. The monoisotopic (exact) mass is 184 g/mol. The average molecular weight is 185 g/mol. The van der Waals surface area contributed by atoms with E-state index in [0.717, 1.165) is 0 Å². The Hall–Kier alpha value is -0.300. The molecule has 0 fully saturated rings. The molecule has 0 N–H and O–H groups in total. The van der Waals surface area contributed by atoms with E-state index in [1.165, 1.54) is 5.56 Å². The quantitative estimate of drug-likeness (QED) is 0.589. The van der Waals surface area contributed by atoms with Gasteiger partial charge in [-0.05, 0) is 12.5 Å². The Morgan fingerprint density at radius 2 is 1.78 bits per heavy atom. The molecule has 0 spiro atoms. The lowest BCUT2D eigenvalue weighted by atomic mass is 10.2. The van der Waals surface area contributed by atoms with E-state index in [1.54, 1.807) is 0 Å². The summed E-state index contributed by atoms with van der Waals surface area (Å²) in [5.41, 5.74) is 1.33. The first kappa shape index (κ1) is 6.81. The van der Waals surface area contributed by atoms with Crippen molar-refractivity contribution in [1.82, 2.24) is 0 Å². The van der Waals surface area contributed by atoms with Crippen LogP contribution < -0.4 is 0 Å². The van der Waals surface area contributed by atoms with E-state index >= 15 is 0 Å². The molecule has 9 heavy (non-hydrogen) atoms. The fraction of sp³-hybridized carbons (Fsp3) is 0.250. The summed E-state index contributed by atoms with van der Waals surface area (Å²) >= 11 is 3.48. The van der Waals surface area contributed by atoms with Crippen molar-refractivity contribution in [2.45, 2.75) is 11.8 Å². The van der Waals surface area contributed by atoms with Gasteiger partial charge in [-0.1, -0.05) is 46.3 Å². The summed E-state index contributed by atoms with van der Waals surface area (Å²) < 4.78 is 0. The zero-order valence-corrected chi connectivity index (χ0v) is 6.93. The van der Waals surface area contributed by atoms with Gasteiger partial charge in [0.15, 0.2) is 0 Å². The number of rotatable bonds is 1. The van der Waals surface area contributed by atoms with Crippen molar-refractivity contribution in [3.63, 3.8) is 0 Å². The smallest absolute Gasteiger partial charge is 0.0367 e. The minimum absolute atomic E-state index is 0.471. The van der Waals surface area contributed by atoms with E-state index in [1.807, 2.05) is 18.2 Å². The Morgan fingerprint density at radius 1 is 1.22 bits per heavy atom. The second-order valence-corrected chi connectivity index (χ2v) is 3.40. The highest BCUT2D eigenvalue weighted by Gasteiger charge is 1.95. The summed E-state index contributed by atoms with van der Waals surface area (Å²) in [7, 11) is 0. The maximum absolute atomic E-state index is 3.48. The highest BCUT2D eigenvalue weighted by Crippen LogP contribution is 2.19. The van der Waals surface area contributed by atoms with Crippen molar-refractivity contribution in [2.75, 3.05) is 0 Å². The van der Waals surface area contributed by atoms with Crippen LogP contribution in [0.5, 0.6) is 0 Å². The Labute approximate surface area is 64.0 Å². The maximum Gasteiger partial charge on any atom is 0.0367 e. The first-order valence-electron chi connectivity index (χ1n) is 2.99. The number of alkyl halides is 1. The molecule has 0 amide bonds. The van der Waals surface area contributed by atoms with Crippen LogP contribution in [0, 0.1) is 0 Å². The van der Waals surface area contributed by atoms with Crippen LogP contribution in [0.4, 0.5) is 0 Å². The van der Waals surface area contributed by atoms with Crippen LogP contribution in [0.25, 0.3) is 0 Å². The fourth-order valence-electron chi connectivity index (χ4n) is 0.718. The van der Waals surface area contributed by atoms with Gasteiger partial charge in [0.2, 0.25) is 0 Å². The van der Waals surface area contributed by atoms with Gasteiger partial charge in [0, 0.05) is 4.83 Å². The molecule has 48 valence electrons. The van der Waals surface area contributed by atoms with E-state index in [0.29, 0.717) is 4.83 Å². The molecule has 1 heteroatoms. The van der Waals surface area contributed by atoms with Gasteiger partial charge in [0.05, 0.1) is 0 Å². The van der Waals surface area contributed by atoms with Gasteiger partial charge in [0.1, 0.15) is 0 Å². The highest BCUT2D eigenvalue weighted by molar-refractivity contribution is 9.09. The van der Waals surface area contributed by atoms with Gasteiger partial charge in [0.25, 0.3) is 0 Å². The van der Waals surface area contributed by atoms with Gasteiger partial charge >= 0.3 is 0 Å². The standard InChI is InChI=1S/C8H9Br/c1-7(9)8-5-3-2-4-6-8/h2-7H,1H3/t7-/m0/s1. The molecule has 0 bridgehead atoms. The van der Waals surface area contributed by atoms with Crippen LogP contribution in [-0.4, -0.2) is 0 Å². The van der Waals surface area contributed by atoms with E-state index in [4.69, 9.17) is 0 Å². The van der Waals surface area contributed by atoms with E-state index in [2.05, 4.69) is 35.0 Å². The number of hydrogen-bond donors (Lipinski definition) is 0. The van der Waals surface area contributed by atoms with Gasteiger partial charge in [-0.25, -0.2) is 0 Å². The summed E-state index contributed by atoms with van der Waals surface area (Å²) in [5.74, 6) is 0. The Balaban J connectivity index is 2.85. The van der Waals surface area contributed by atoms with Crippen molar-refractivity contribution in [3.8, 4) is 0 Å². The van der Waals surface area contributed by atoms with E-state index in [9.17, 15) is 0 Å². The molecule has 0 aliphatic heterocycles. The van der Waals surface area contributed by atoms with E-state index < -0.39 is 0 Å². The van der Waals surface area contributed by atoms with Crippen molar-refractivity contribution in [2.24, 2.45) is 0 Å². The fourth-order valence-corrected chi connectivity index (χ4v) is 1.02. The van der Waals surface area contributed by atoms with Crippen LogP contribution in [0.15, 0.2) is 30.3 Å². The number of halogens is 1. The molecule has 1 aromatic carbocycles. The predicted octanol–water partition coefficient (Wildman–Crippen LogP) is 3.14. The Morgan fingerprint density at radius 3 is 2.11 bits per heavy atom. The minimum atomic E-state index is 0.471. The summed E-state index contributed by atoms with van der Waals surface area (Å²) in [6.07, 6.45) is 0. The molecule has 1 aromatic rings. The molecule has 0 nitrogen and oxygen atoms in total. The largest absolute Gasteiger partial charge is 0.0842 e. The van der Waals surface area contributed by atoms with Crippen LogP contribution in [0.3, 0.4) is 0 Å². The normalized spacial score (nSPS) is 13.1. The van der Waals surface area contributed by atoms with Gasteiger partial charge in [-0.3, -0.25) is 0 Å². The average Bonchev–Trinajstić information content (AvgIpc) is 1.90. The molecule has 0 unspecified atom stereocenters. The summed E-state index contributed by atoms with van der Waals surface area (Å²) in [5, 5.41) is 0. The highest BCUT2D eigenvalue weighted by atomic mass is 79.9. The molecule has 0 heterocycles. The number of hydrogen-bond acceptors (Lipinski definition) is 0. The van der Waals surface area contributed by atoms with Crippen molar-refractivity contribution in [3.05, 3.63) is 35.9 Å². The summed E-state index contributed by atoms with van der Waals surface area (Å²) in [6, 6.07) is 10.3. The molecule has 1 atom stereocenters. The molecule has 0 radical (unpaired) electrons. The van der Waals surface area contributed by atoms with Crippen molar-refractivity contribution >= 4 is 15.9 Å². The van der Waals surface area contributed by atoms with Crippen LogP contribution in [-0.2, 0) is 0 Å². The minimum Gasteiger partial charge on any atom is -0.0842 e. The summed E-state index contributed by atoms with van der Waals surface area (Å²) in [6.45, 7) is 2.12. The first-order chi connectivity index (χ1) is 4.30. The zero-order valence-electron chi connectivity index (χ0n) is 5.34. The SMILES string of the molecule is C[C@H](Br)c1ccccc1. The second kappa shape index (κ2) is 3.02. The van der Waals surface area contributed by atoms with Gasteiger partial charge < -0.3 is 0 Å². The van der Waals surface area contributed by atoms with Crippen molar-refractivity contribution < 1.29 is 0 Å². The van der Waals surface area contributed by atoms with Crippen LogP contribution >= 0.6 is 15.9 Å². The topological polar surface area (TPSA) is 0 Å². The second-order valence-electron chi connectivity index (χ2n) is 2.03. The lowest BCUT2D eigenvalue weighted by Gasteiger charge is -1.99.